The van der Waals surface area contributed by atoms with Gasteiger partial charge in [0, 0.05) is 16.7 Å². The zero-order valence-corrected chi connectivity index (χ0v) is 17.4. The number of halogens is 3. The van der Waals surface area contributed by atoms with Gasteiger partial charge in [0.15, 0.2) is 0 Å². The summed E-state index contributed by atoms with van der Waals surface area (Å²) in [5, 5.41) is 1.83. The highest BCUT2D eigenvalue weighted by atomic mass is 19.4. The number of aldehydes is 1. The van der Waals surface area contributed by atoms with E-state index in [-0.39, 0.29) is 5.56 Å². The van der Waals surface area contributed by atoms with Crippen LogP contribution in [0.3, 0.4) is 0 Å². The Morgan fingerprint density at radius 2 is 1.65 bits per heavy atom. The molecule has 0 saturated heterocycles. The van der Waals surface area contributed by atoms with Gasteiger partial charge in [-0.3, -0.25) is 14.2 Å². The van der Waals surface area contributed by atoms with Crippen molar-refractivity contribution in [3.8, 4) is 17.1 Å². The average Bonchev–Trinajstić information content (AvgIpc) is 3.21. The molecule has 0 unspecified atom stereocenters. The first kappa shape index (κ1) is 21.4. The van der Waals surface area contributed by atoms with E-state index < -0.39 is 18.0 Å². The van der Waals surface area contributed by atoms with Crippen molar-refractivity contribution >= 4 is 34.0 Å². The van der Waals surface area contributed by atoms with Crippen LogP contribution in [0.5, 0.6) is 5.75 Å². The molecular weight excluding hydrogens is 445 g/mol. The largest absolute Gasteiger partial charge is 0.573 e. The van der Waals surface area contributed by atoms with E-state index in [1.165, 1.54) is 16.7 Å². The van der Waals surface area contributed by atoms with Crippen LogP contribution in [0.2, 0.25) is 0 Å². The number of hydrogen-bond acceptors (Lipinski definition) is 4. The summed E-state index contributed by atoms with van der Waals surface area (Å²) < 4.78 is 42.8. The first-order valence-corrected chi connectivity index (χ1v) is 10.2. The Hall–Kier alpha value is -4.46. The molecule has 168 valence electrons. The van der Waals surface area contributed by atoms with Gasteiger partial charge in [0.05, 0.1) is 11.0 Å². The summed E-state index contributed by atoms with van der Waals surface area (Å²) in [6.07, 6.45) is -4.17. The van der Waals surface area contributed by atoms with Crippen LogP contribution in [0.1, 0.15) is 20.7 Å². The SMILES string of the molecule is O=Cc1ccc2nc(-c3cccc4ccccc34)n(C(=O)c3ccc(OC(F)(F)F)cc3)c2c1. The van der Waals surface area contributed by atoms with Gasteiger partial charge in [0.2, 0.25) is 0 Å². The summed E-state index contributed by atoms with van der Waals surface area (Å²) in [6.45, 7) is 0. The summed E-state index contributed by atoms with van der Waals surface area (Å²) in [6, 6.07) is 22.8. The van der Waals surface area contributed by atoms with Gasteiger partial charge in [-0.05, 0) is 53.2 Å². The zero-order valence-electron chi connectivity index (χ0n) is 17.4. The third kappa shape index (κ3) is 3.90. The fraction of sp³-hybridized carbons (Fsp3) is 0.0385. The van der Waals surface area contributed by atoms with Gasteiger partial charge in [-0.2, -0.15) is 0 Å². The fourth-order valence-electron chi connectivity index (χ4n) is 3.90. The van der Waals surface area contributed by atoms with Gasteiger partial charge < -0.3 is 4.74 Å². The van der Waals surface area contributed by atoms with E-state index in [2.05, 4.69) is 9.72 Å². The van der Waals surface area contributed by atoms with Crippen molar-refractivity contribution in [1.82, 2.24) is 9.55 Å². The van der Waals surface area contributed by atoms with Gasteiger partial charge in [0.25, 0.3) is 5.91 Å². The van der Waals surface area contributed by atoms with E-state index in [0.717, 1.165) is 22.9 Å². The van der Waals surface area contributed by atoms with Gasteiger partial charge >= 0.3 is 6.36 Å². The van der Waals surface area contributed by atoms with Gasteiger partial charge in [-0.15, -0.1) is 13.2 Å². The number of imidazole rings is 1. The van der Waals surface area contributed by atoms with Crippen LogP contribution in [-0.4, -0.2) is 28.1 Å². The van der Waals surface area contributed by atoms with Crippen LogP contribution in [0.25, 0.3) is 33.2 Å². The molecule has 34 heavy (non-hydrogen) atoms. The molecule has 1 heterocycles. The molecule has 0 N–H and O–H groups in total. The lowest BCUT2D eigenvalue weighted by molar-refractivity contribution is -0.274. The number of alkyl halides is 3. The van der Waals surface area contributed by atoms with Crippen molar-refractivity contribution in [3.05, 3.63) is 96.1 Å². The number of benzene rings is 4. The normalized spacial score (nSPS) is 11.6. The topological polar surface area (TPSA) is 61.2 Å². The maximum absolute atomic E-state index is 13.6. The quantitative estimate of drug-likeness (QED) is 0.297. The second kappa shape index (κ2) is 8.15. The van der Waals surface area contributed by atoms with Crippen LogP contribution in [0, 0.1) is 0 Å². The molecule has 0 spiro atoms. The monoisotopic (exact) mass is 460 g/mol. The van der Waals surface area contributed by atoms with E-state index in [4.69, 9.17) is 0 Å². The van der Waals surface area contributed by atoms with E-state index in [1.807, 2.05) is 42.5 Å². The molecule has 0 aliphatic carbocycles. The Labute approximate surface area is 191 Å². The smallest absolute Gasteiger partial charge is 0.406 e. The molecule has 0 saturated carbocycles. The molecular formula is C26H15F3N2O3. The van der Waals surface area contributed by atoms with Crippen molar-refractivity contribution in [3.63, 3.8) is 0 Å². The number of hydrogen-bond donors (Lipinski definition) is 0. The van der Waals surface area contributed by atoms with Crippen molar-refractivity contribution < 1.29 is 27.5 Å². The standard InChI is InChI=1S/C26H15F3N2O3/c27-26(28,29)34-19-11-9-18(10-12-19)25(33)31-23-14-16(15-32)8-13-22(23)30-24(31)21-7-3-5-17-4-1-2-6-20(17)21/h1-15H. The predicted octanol–water partition coefficient (Wildman–Crippen LogP) is 6.26. The Kier molecular flexibility index (Phi) is 5.13. The molecule has 0 bridgehead atoms. The summed E-state index contributed by atoms with van der Waals surface area (Å²) >= 11 is 0. The molecule has 0 radical (unpaired) electrons. The lowest BCUT2D eigenvalue weighted by Crippen LogP contribution is -2.17. The van der Waals surface area contributed by atoms with Crippen LogP contribution >= 0.6 is 0 Å². The number of carbonyl (C=O) groups is 2. The van der Waals surface area contributed by atoms with E-state index in [0.29, 0.717) is 34.3 Å². The fourth-order valence-corrected chi connectivity index (χ4v) is 3.90. The Bertz CT molecular complexity index is 1550. The maximum Gasteiger partial charge on any atom is 0.573 e. The summed E-state index contributed by atoms with van der Waals surface area (Å²) in [5.41, 5.74) is 2.10. The van der Waals surface area contributed by atoms with Crippen molar-refractivity contribution in [2.24, 2.45) is 0 Å². The molecule has 5 rings (SSSR count). The molecule has 0 aliphatic heterocycles. The van der Waals surface area contributed by atoms with Gasteiger partial charge in [0.1, 0.15) is 17.9 Å². The second-order valence-electron chi connectivity index (χ2n) is 7.54. The van der Waals surface area contributed by atoms with Crippen LogP contribution in [0.15, 0.2) is 84.9 Å². The minimum absolute atomic E-state index is 0.131. The van der Waals surface area contributed by atoms with Gasteiger partial charge in [-0.1, -0.05) is 42.5 Å². The van der Waals surface area contributed by atoms with Crippen molar-refractivity contribution in [1.29, 1.82) is 0 Å². The van der Waals surface area contributed by atoms with Crippen LogP contribution in [-0.2, 0) is 0 Å². The lowest BCUT2D eigenvalue weighted by atomic mass is 10.0. The summed E-state index contributed by atoms with van der Waals surface area (Å²) in [4.78, 5) is 29.7. The predicted molar refractivity (Wildman–Crippen MR) is 121 cm³/mol. The van der Waals surface area contributed by atoms with Crippen molar-refractivity contribution in [2.45, 2.75) is 6.36 Å². The minimum Gasteiger partial charge on any atom is -0.406 e. The average molecular weight is 460 g/mol. The Morgan fingerprint density at radius 1 is 0.912 bits per heavy atom. The molecule has 5 nitrogen and oxygen atoms in total. The van der Waals surface area contributed by atoms with Crippen LogP contribution < -0.4 is 4.74 Å². The van der Waals surface area contributed by atoms with Crippen molar-refractivity contribution in [2.75, 3.05) is 0 Å². The first-order valence-electron chi connectivity index (χ1n) is 10.2. The molecule has 0 aliphatic rings. The minimum atomic E-state index is -4.83. The molecule has 5 aromatic rings. The number of aromatic nitrogens is 2. The lowest BCUT2D eigenvalue weighted by Gasteiger charge is -2.12. The highest BCUT2D eigenvalue weighted by molar-refractivity contribution is 6.07. The third-order valence-electron chi connectivity index (χ3n) is 5.38. The first-order chi connectivity index (χ1) is 16.3. The number of fused-ring (bicyclic) bond motifs is 2. The Balaban J connectivity index is 1.70. The zero-order chi connectivity index (χ0) is 23.9. The number of nitrogens with zero attached hydrogens (tertiary/aromatic N) is 2. The molecule has 0 atom stereocenters. The number of rotatable bonds is 4. The molecule has 1 aromatic heterocycles. The maximum atomic E-state index is 13.6. The highest BCUT2D eigenvalue weighted by Gasteiger charge is 2.31. The molecule has 8 heteroatoms. The van der Waals surface area contributed by atoms with E-state index >= 15 is 0 Å². The van der Waals surface area contributed by atoms with E-state index in [9.17, 15) is 22.8 Å². The molecule has 4 aromatic carbocycles. The van der Waals surface area contributed by atoms with Gasteiger partial charge in [-0.25, -0.2) is 4.98 Å². The van der Waals surface area contributed by atoms with Crippen LogP contribution in [0.4, 0.5) is 13.2 Å². The third-order valence-corrected chi connectivity index (χ3v) is 5.38. The van der Waals surface area contributed by atoms with E-state index in [1.54, 1.807) is 18.2 Å². The molecule has 0 fully saturated rings. The Morgan fingerprint density at radius 3 is 2.38 bits per heavy atom. The highest BCUT2D eigenvalue weighted by Crippen LogP contribution is 2.32. The number of ether oxygens (including phenoxy) is 1. The molecule has 0 amide bonds. The summed E-state index contributed by atoms with van der Waals surface area (Å²) in [5.74, 6) is -0.584. The number of carbonyl (C=O) groups excluding carboxylic acids is 2. The summed E-state index contributed by atoms with van der Waals surface area (Å²) in [7, 11) is 0. The second-order valence-corrected chi connectivity index (χ2v) is 7.54.